The lowest BCUT2D eigenvalue weighted by molar-refractivity contribution is 0.0393. The van der Waals surface area contributed by atoms with Crippen LogP contribution < -0.4 is 4.72 Å². The molecule has 0 bridgehead atoms. The number of hydrogen-bond acceptors (Lipinski definition) is 2. The highest BCUT2D eigenvalue weighted by atomic mass is 79.9. The Labute approximate surface area is 134 Å². The molecule has 0 aliphatic carbocycles. The van der Waals surface area contributed by atoms with Crippen LogP contribution in [0.15, 0.2) is 22.7 Å². The summed E-state index contributed by atoms with van der Waals surface area (Å²) in [6, 6.07) is 4.19. The Hall–Kier alpha value is -0.370. The normalized spacial score (nSPS) is 18.8. The van der Waals surface area contributed by atoms with Crippen LogP contribution >= 0.6 is 15.9 Å². The van der Waals surface area contributed by atoms with Gasteiger partial charge in [0.15, 0.2) is 0 Å². The number of hydrogen-bond donors (Lipinski definition) is 2. The van der Waals surface area contributed by atoms with E-state index in [0.717, 1.165) is 0 Å². The largest absolute Gasteiger partial charge is 0.392 e. The highest BCUT2D eigenvalue weighted by Gasteiger charge is 2.40. The average Bonchev–Trinajstić information content (AvgIpc) is 2.47. The Morgan fingerprint density at radius 2 is 2.10 bits per heavy atom. The second-order valence-electron chi connectivity index (χ2n) is 5.03. The zero-order valence-electron chi connectivity index (χ0n) is 12.2. The minimum absolute atomic E-state index is 0.106. The molecule has 4 atom stereocenters. The van der Waals surface area contributed by atoms with E-state index in [4.69, 9.17) is 0 Å². The summed E-state index contributed by atoms with van der Waals surface area (Å²) in [4.78, 5) is 0. The predicted molar refractivity (Wildman–Crippen MR) is 84.5 cm³/mol. The zero-order valence-corrected chi connectivity index (χ0v) is 14.6. The maximum Gasteiger partial charge on any atom is 0.202 e. The summed E-state index contributed by atoms with van der Waals surface area (Å²) in [5, 5.41) is 9.10. The number of halogens is 3. The van der Waals surface area contributed by atoms with Crippen LogP contribution in [0.4, 0.5) is 8.78 Å². The van der Waals surface area contributed by atoms with E-state index >= 15 is 0 Å². The molecule has 3 nitrogen and oxygen atoms in total. The maximum atomic E-state index is 14.9. The molecule has 2 N–H and O–H groups in total. The number of aliphatic hydroxyl groups is 1. The van der Waals surface area contributed by atoms with Gasteiger partial charge in [0, 0.05) is 15.6 Å². The van der Waals surface area contributed by atoms with Crippen molar-refractivity contribution in [2.75, 3.05) is 6.61 Å². The summed E-state index contributed by atoms with van der Waals surface area (Å²) < 4.78 is 43.7. The van der Waals surface area contributed by atoms with Gasteiger partial charge in [0.2, 0.25) is 5.79 Å². The molecule has 1 aromatic carbocycles. The maximum absolute atomic E-state index is 14.9. The molecular weight excluding hydrogens is 364 g/mol. The Balaban J connectivity index is 3.06. The molecule has 21 heavy (non-hydrogen) atoms. The van der Waals surface area contributed by atoms with Gasteiger partial charge in [-0.15, -0.1) is 0 Å². The molecule has 1 unspecified atom stereocenters. The monoisotopic (exact) mass is 383 g/mol. The standard InChI is InChI=1S/C14H20BrF2NO2S/c1-4-9(2)21(20)18-14(17,8-19)10(3)12-7-11(15)5-6-13(12)16/h5-7,9-10,18-19H,4,8H2,1-3H3/t9-,10-,14-,21?/m1/s1. The van der Waals surface area contributed by atoms with E-state index in [1.807, 2.05) is 6.92 Å². The van der Waals surface area contributed by atoms with Crippen molar-refractivity contribution in [3.63, 3.8) is 0 Å². The highest BCUT2D eigenvalue weighted by molar-refractivity contribution is 9.10. The summed E-state index contributed by atoms with van der Waals surface area (Å²) >= 11 is 3.21. The second kappa shape index (κ2) is 7.76. The summed E-state index contributed by atoms with van der Waals surface area (Å²) in [5.74, 6) is -3.94. The lowest BCUT2D eigenvalue weighted by atomic mass is 9.92. The minimum atomic E-state index is -2.37. The van der Waals surface area contributed by atoms with Gasteiger partial charge in [0.1, 0.15) is 5.82 Å². The number of alkyl halides is 1. The third-order valence-corrected chi connectivity index (χ3v) is 5.65. The molecule has 0 saturated carbocycles. The third-order valence-electron chi connectivity index (χ3n) is 3.55. The third kappa shape index (κ3) is 4.55. The van der Waals surface area contributed by atoms with Crippen LogP contribution in [-0.2, 0) is 11.0 Å². The first-order valence-corrected chi connectivity index (χ1v) is 8.68. The van der Waals surface area contributed by atoms with Gasteiger partial charge < -0.3 is 5.11 Å². The molecule has 0 spiro atoms. The summed E-state index contributed by atoms with van der Waals surface area (Å²) in [6.45, 7) is 4.09. The molecule has 120 valence electrons. The van der Waals surface area contributed by atoms with Crippen molar-refractivity contribution in [3.8, 4) is 0 Å². The van der Waals surface area contributed by atoms with E-state index in [1.54, 1.807) is 6.92 Å². The molecule has 0 aliphatic heterocycles. The van der Waals surface area contributed by atoms with Crippen LogP contribution in [0.25, 0.3) is 0 Å². The van der Waals surface area contributed by atoms with E-state index in [-0.39, 0.29) is 10.8 Å². The average molecular weight is 384 g/mol. The van der Waals surface area contributed by atoms with E-state index in [1.165, 1.54) is 25.1 Å². The molecule has 7 heteroatoms. The molecular formula is C14H20BrF2NO2S. The van der Waals surface area contributed by atoms with Crippen LogP contribution in [0, 0.1) is 5.82 Å². The van der Waals surface area contributed by atoms with E-state index < -0.39 is 35.1 Å². The van der Waals surface area contributed by atoms with Gasteiger partial charge in [-0.05, 0) is 37.1 Å². The van der Waals surface area contributed by atoms with Gasteiger partial charge in [-0.3, -0.25) is 0 Å². The van der Waals surface area contributed by atoms with Crippen LogP contribution in [0.5, 0.6) is 0 Å². The molecule has 0 aliphatic rings. The molecule has 1 rings (SSSR count). The Morgan fingerprint density at radius 1 is 1.48 bits per heavy atom. The van der Waals surface area contributed by atoms with E-state index in [2.05, 4.69) is 20.7 Å². The first-order valence-electron chi connectivity index (χ1n) is 6.68. The molecule has 0 aromatic heterocycles. The Morgan fingerprint density at radius 3 is 2.62 bits per heavy atom. The smallest absolute Gasteiger partial charge is 0.202 e. The first kappa shape index (κ1) is 18.7. The second-order valence-corrected chi connectivity index (χ2v) is 7.55. The van der Waals surface area contributed by atoms with Gasteiger partial charge in [-0.2, -0.15) is 0 Å². The van der Waals surface area contributed by atoms with Crippen molar-refractivity contribution in [3.05, 3.63) is 34.1 Å². The van der Waals surface area contributed by atoms with Crippen molar-refractivity contribution < 1.29 is 18.1 Å². The minimum Gasteiger partial charge on any atom is -0.392 e. The highest BCUT2D eigenvalue weighted by Crippen LogP contribution is 2.33. The molecule has 1 aromatic rings. The molecule has 0 saturated heterocycles. The van der Waals surface area contributed by atoms with Crippen molar-refractivity contribution in [1.29, 1.82) is 0 Å². The summed E-state index contributed by atoms with van der Waals surface area (Å²) in [6.07, 6.45) is 0.598. The van der Waals surface area contributed by atoms with Gasteiger partial charge in [0.05, 0.1) is 17.6 Å². The lowest BCUT2D eigenvalue weighted by Crippen LogP contribution is -2.51. The van der Waals surface area contributed by atoms with Crippen molar-refractivity contribution >= 4 is 26.9 Å². The number of benzene rings is 1. The fourth-order valence-electron chi connectivity index (χ4n) is 1.77. The molecule has 0 amide bonds. The molecule has 0 radical (unpaired) electrons. The predicted octanol–water partition coefficient (Wildman–Crippen LogP) is 3.40. The fraction of sp³-hybridized carbons (Fsp3) is 0.571. The van der Waals surface area contributed by atoms with Crippen molar-refractivity contribution in [2.45, 2.75) is 44.2 Å². The van der Waals surface area contributed by atoms with Crippen LogP contribution in [-0.4, -0.2) is 27.0 Å². The van der Waals surface area contributed by atoms with Crippen LogP contribution in [0.1, 0.15) is 38.7 Å². The van der Waals surface area contributed by atoms with Crippen LogP contribution in [0.2, 0.25) is 0 Å². The topological polar surface area (TPSA) is 49.3 Å². The summed E-state index contributed by atoms with van der Waals surface area (Å²) in [7, 11) is -1.66. The van der Waals surface area contributed by atoms with Gasteiger partial charge in [-0.25, -0.2) is 17.7 Å². The van der Waals surface area contributed by atoms with Crippen molar-refractivity contribution in [2.24, 2.45) is 0 Å². The van der Waals surface area contributed by atoms with Gasteiger partial charge in [-0.1, -0.05) is 29.8 Å². The number of rotatable bonds is 7. The Bertz CT molecular complexity index is 518. The Kier molecular flexibility index (Phi) is 6.90. The van der Waals surface area contributed by atoms with E-state index in [9.17, 15) is 18.1 Å². The number of nitrogens with one attached hydrogen (secondary N) is 1. The van der Waals surface area contributed by atoms with Crippen LogP contribution in [0.3, 0.4) is 0 Å². The first-order chi connectivity index (χ1) is 9.75. The van der Waals surface area contributed by atoms with Crippen molar-refractivity contribution in [1.82, 2.24) is 4.72 Å². The SMILES string of the molecule is CC[C@@H](C)S(=O)N[C@](F)(CO)[C@H](C)c1cc(Br)ccc1F. The molecule has 0 fully saturated rings. The lowest BCUT2D eigenvalue weighted by Gasteiger charge is -2.31. The number of aliphatic hydroxyl groups excluding tert-OH is 1. The van der Waals surface area contributed by atoms with Gasteiger partial charge >= 0.3 is 0 Å². The quantitative estimate of drug-likeness (QED) is 0.708. The summed E-state index contributed by atoms with van der Waals surface area (Å²) in [5.41, 5.74) is 0.106. The zero-order chi connectivity index (χ0) is 16.2. The van der Waals surface area contributed by atoms with E-state index in [0.29, 0.717) is 10.9 Å². The fourth-order valence-corrected chi connectivity index (χ4v) is 3.23. The molecule has 0 heterocycles. The van der Waals surface area contributed by atoms with Gasteiger partial charge in [0.25, 0.3) is 0 Å².